The van der Waals surface area contributed by atoms with E-state index >= 15 is 0 Å². The SMILES string of the molecule is C=C=C1c2cc(C=C)ccc2C(=O)N1C1CCC(=O)NC1=O.C=CC(CCC)CCCCCCCCCCC.COc1ccc2cc(/C=C/C=C/c3ccc(N4CC(C)C4)cc3)sc2c1.[HH]. The minimum atomic E-state index is -0.714. The summed E-state index contributed by atoms with van der Waals surface area (Å²) in [5.74, 6) is 1.47. The van der Waals surface area contributed by atoms with Crippen LogP contribution in [-0.2, 0) is 9.59 Å². The van der Waals surface area contributed by atoms with Crippen LogP contribution in [0.15, 0.2) is 110 Å². The summed E-state index contributed by atoms with van der Waals surface area (Å²) >= 11 is 1.78. The molecule has 2 saturated heterocycles. The van der Waals surface area contributed by atoms with Gasteiger partial charge in [0.15, 0.2) is 0 Å². The fourth-order valence-corrected chi connectivity index (χ4v) is 9.58. The Morgan fingerprint density at radius 2 is 1.52 bits per heavy atom. The number of nitrogens with one attached hydrogen (secondary N) is 1. The van der Waals surface area contributed by atoms with Crippen LogP contribution in [0, 0.1) is 11.8 Å². The molecule has 0 aliphatic carbocycles. The highest BCUT2D eigenvalue weighted by molar-refractivity contribution is 7.19. The first-order chi connectivity index (χ1) is 31.6. The van der Waals surface area contributed by atoms with Crippen molar-refractivity contribution in [2.75, 3.05) is 25.1 Å². The van der Waals surface area contributed by atoms with Gasteiger partial charge in [0, 0.05) is 47.3 Å². The summed E-state index contributed by atoms with van der Waals surface area (Å²) in [6.45, 7) is 20.5. The first kappa shape index (κ1) is 50.3. The molecule has 346 valence electrons. The van der Waals surface area contributed by atoms with Gasteiger partial charge in [-0.3, -0.25) is 24.6 Å². The minimum Gasteiger partial charge on any atom is -0.497 e. The van der Waals surface area contributed by atoms with Crippen LogP contribution in [0.2, 0.25) is 0 Å². The second kappa shape index (κ2) is 26.3. The van der Waals surface area contributed by atoms with Crippen LogP contribution in [0.1, 0.15) is 144 Å². The van der Waals surface area contributed by atoms with Crippen LogP contribution < -0.4 is 15.0 Å². The molecule has 2 fully saturated rings. The molecular formula is C57H73N3O4S. The van der Waals surface area contributed by atoms with Crippen LogP contribution in [-0.4, -0.2) is 48.9 Å². The molecule has 1 N–H and O–H groups in total. The molecule has 3 aliphatic rings. The highest BCUT2D eigenvalue weighted by Gasteiger charge is 2.42. The van der Waals surface area contributed by atoms with Crippen molar-refractivity contribution < 1.29 is 20.5 Å². The summed E-state index contributed by atoms with van der Waals surface area (Å²) < 4.78 is 6.55. The number of amides is 3. The largest absolute Gasteiger partial charge is 0.497 e. The Morgan fingerprint density at radius 1 is 0.831 bits per heavy atom. The molecule has 4 heterocycles. The average Bonchev–Trinajstić information content (AvgIpc) is 3.85. The third-order valence-corrected chi connectivity index (χ3v) is 13.4. The van der Waals surface area contributed by atoms with E-state index in [0.717, 1.165) is 23.1 Å². The quantitative estimate of drug-likeness (QED) is 0.0314. The van der Waals surface area contributed by atoms with Crippen molar-refractivity contribution in [3.8, 4) is 5.75 Å². The molecule has 3 aliphatic heterocycles. The predicted molar refractivity (Wildman–Crippen MR) is 278 cm³/mol. The number of nitrogens with zero attached hydrogens (tertiary/aromatic N) is 2. The fraction of sp³-hybridized carbons (Fsp3) is 0.404. The Bertz CT molecular complexity index is 2330. The molecule has 7 rings (SSSR count). The van der Waals surface area contributed by atoms with Gasteiger partial charge in [0.05, 0.1) is 12.8 Å². The van der Waals surface area contributed by atoms with Crippen molar-refractivity contribution in [2.45, 2.75) is 117 Å². The molecule has 0 spiro atoms. The van der Waals surface area contributed by atoms with E-state index in [4.69, 9.17) is 4.74 Å². The Balaban J connectivity index is 0.000000220. The van der Waals surface area contributed by atoms with Crippen LogP contribution in [0.3, 0.4) is 0 Å². The van der Waals surface area contributed by atoms with Gasteiger partial charge in [-0.15, -0.1) is 23.6 Å². The summed E-state index contributed by atoms with van der Waals surface area (Å²) in [6, 6.07) is 21.8. The van der Waals surface area contributed by atoms with Gasteiger partial charge in [-0.25, -0.2) is 0 Å². The van der Waals surface area contributed by atoms with Crippen LogP contribution in [0.5, 0.6) is 5.75 Å². The number of carbonyl (C=O) groups excluding carboxylic acids is 3. The molecule has 0 bridgehead atoms. The number of thiophene rings is 1. The van der Waals surface area contributed by atoms with Crippen molar-refractivity contribution in [2.24, 2.45) is 11.8 Å². The number of allylic oxidation sites excluding steroid dienone is 3. The van der Waals surface area contributed by atoms with Gasteiger partial charge in [-0.2, -0.15) is 0 Å². The Kier molecular flexibility index (Phi) is 20.4. The van der Waals surface area contributed by atoms with Crippen molar-refractivity contribution in [3.05, 3.63) is 138 Å². The summed E-state index contributed by atoms with van der Waals surface area (Å²) in [4.78, 5) is 41.1. The number of ether oxygens (including phenoxy) is 1. The normalized spacial score (nSPS) is 16.3. The number of methoxy groups -OCH3 is 1. The van der Waals surface area contributed by atoms with Crippen molar-refractivity contribution in [1.29, 1.82) is 0 Å². The van der Waals surface area contributed by atoms with E-state index < -0.39 is 11.9 Å². The zero-order valence-electron chi connectivity index (χ0n) is 39.4. The van der Waals surface area contributed by atoms with Crippen molar-refractivity contribution >= 4 is 68.8 Å². The van der Waals surface area contributed by atoms with E-state index in [0.29, 0.717) is 23.2 Å². The maximum absolute atomic E-state index is 12.6. The third kappa shape index (κ3) is 14.7. The molecule has 65 heavy (non-hydrogen) atoms. The summed E-state index contributed by atoms with van der Waals surface area (Å²) in [6.07, 6.45) is 29.8. The number of unbranched alkanes of at least 4 members (excludes halogenated alkanes) is 8. The van der Waals surface area contributed by atoms with E-state index in [-0.39, 0.29) is 19.7 Å². The van der Waals surface area contributed by atoms with Gasteiger partial charge in [-0.1, -0.05) is 147 Å². The molecule has 8 heteroatoms. The number of hydrogen-bond acceptors (Lipinski definition) is 6. The van der Waals surface area contributed by atoms with E-state index in [9.17, 15) is 14.4 Å². The number of anilines is 1. The first-order valence-electron chi connectivity index (χ1n) is 23.9. The number of fused-ring (bicyclic) bond motifs is 2. The fourth-order valence-electron chi connectivity index (χ4n) is 8.57. The lowest BCUT2D eigenvalue weighted by Gasteiger charge is -2.39. The number of hydrogen-bond donors (Lipinski definition) is 1. The van der Waals surface area contributed by atoms with Gasteiger partial charge in [-0.05, 0) is 102 Å². The van der Waals surface area contributed by atoms with Gasteiger partial charge in [0.25, 0.3) is 5.91 Å². The lowest BCUT2D eigenvalue weighted by Crippen LogP contribution is -2.52. The predicted octanol–water partition coefficient (Wildman–Crippen LogP) is 14.6. The van der Waals surface area contributed by atoms with Crippen LogP contribution >= 0.6 is 11.3 Å². The number of piperidine rings is 1. The molecule has 7 nitrogen and oxygen atoms in total. The molecular weight excluding hydrogens is 823 g/mol. The lowest BCUT2D eigenvalue weighted by molar-refractivity contribution is -0.136. The summed E-state index contributed by atoms with van der Waals surface area (Å²) in [7, 11) is 1.71. The van der Waals surface area contributed by atoms with Crippen LogP contribution in [0.4, 0.5) is 5.69 Å². The number of carbonyl (C=O) groups is 3. The van der Waals surface area contributed by atoms with Gasteiger partial charge in [0.2, 0.25) is 11.8 Å². The maximum Gasteiger partial charge on any atom is 0.260 e. The topological polar surface area (TPSA) is 79.0 Å². The number of imide groups is 1. The van der Waals surface area contributed by atoms with Crippen LogP contribution in [0.25, 0.3) is 34.0 Å². The van der Waals surface area contributed by atoms with E-state index in [2.05, 4.69) is 129 Å². The molecule has 1 aromatic heterocycles. The van der Waals surface area contributed by atoms with Gasteiger partial charge >= 0.3 is 0 Å². The zero-order chi connectivity index (χ0) is 46.6. The smallest absolute Gasteiger partial charge is 0.260 e. The monoisotopic (exact) mass is 896 g/mol. The second-order valence-electron chi connectivity index (χ2n) is 17.5. The zero-order valence-corrected chi connectivity index (χ0v) is 40.2. The second-order valence-corrected chi connectivity index (χ2v) is 18.6. The number of rotatable bonds is 20. The molecule has 3 aromatic carbocycles. The van der Waals surface area contributed by atoms with E-state index in [1.807, 2.05) is 12.1 Å². The standard InChI is InChI=1S/C23H23NOS.C17H14N2O3.C17H34.H2/c1-17-15-24(16-17)20-10-7-18(8-11-20)5-3-4-6-22-13-19-9-12-21(25-2)14-23(19)26-22;1-3-10-5-6-11-12(9-10)13(4-2)19(17(11)22)14-7-8-15(20)18-16(14)21;1-4-7-8-9-10-11-12-13-14-16-17(6-3)15-5-2;/h3-14,17H,15-16H2,1-2H3;3,5-6,9,14H,1-2,7-8H2,(H,18,20,21);6,17H,3-5,7-16H2,1-2H3;1H/b5-3+,6-4+;;;. The molecule has 2 atom stereocenters. The molecule has 4 aromatic rings. The average molecular weight is 896 g/mol. The van der Waals surface area contributed by atoms with Gasteiger partial charge < -0.3 is 9.64 Å². The molecule has 0 saturated carbocycles. The van der Waals surface area contributed by atoms with Crippen molar-refractivity contribution in [3.63, 3.8) is 0 Å². The minimum absolute atomic E-state index is 0. The summed E-state index contributed by atoms with van der Waals surface area (Å²) in [5.41, 5.74) is 7.83. The molecule has 0 radical (unpaired) electrons. The third-order valence-electron chi connectivity index (χ3n) is 12.3. The summed E-state index contributed by atoms with van der Waals surface area (Å²) in [5, 5.41) is 3.53. The maximum atomic E-state index is 12.6. The van der Waals surface area contributed by atoms with E-state index in [1.165, 1.54) is 121 Å². The lowest BCUT2D eigenvalue weighted by atomic mass is 9.96. The van der Waals surface area contributed by atoms with Crippen molar-refractivity contribution in [1.82, 2.24) is 10.2 Å². The highest BCUT2D eigenvalue weighted by Crippen LogP contribution is 2.36. The molecule has 2 unspecified atom stereocenters. The Hall–Kier alpha value is -5.69. The highest BCUT2D eigenvalue weighted by atomic mass is 32.1. The molecule has 3 amide bonds. The van der Waals surface area contributed by atoms with E-state index in [1.54, 1.807) is 36.7 Å². The first-order valence-corrected chi connectivity index (χ1v) is 24.7. The Morgan fingerprint density at radius 3 is 2.15 bits per heavy atom. The van der Waals surface area contributed by atoms with Gasteiger partial charge in [0.1, 0.15) is 11.8 Å². The Labute approximate surface area is 394 Å². The number of benzene rings is 3.